The van der Waals surface area contributed by atoms with Crippen molar-refractivity contribution < 1.29 is 9.13 Å². The minimum absolute atomic E-state index is 0.312. The lowest BCUT2D eigenvalue weighted by atomic mass is 10.1. The normalized spacial score (nSPS) is 11.1. The van der Waals surface area contributed by atoms with Gasteiger partial charge in [0, 0.05) is 11.3 Å². The predicted molar refractivity (Wildman–Crippen MR) is 138 cm³/mol. The van der Waals surface area contributed by atoms with Gasteiger partial charge in [0.15, 0.2) is 0 Å². The largest absolute Gasteiger partial charge is 0.477 e. The van der Waals surface area contributed by atoms with Crippen LogP contribution in [0.2, 0.25) is 0 Å². The molecule has 2 aromatic carbocycles. The average molecular weight is 484 g/mol. The average Bonchev–Trinajstić information content (AvgIpc) is 3.32. The van der Waals surface area contributed by atoms with Crippen LogP contribution in [-0.2, 0) is 6.54 Å². The number of rotatable bonds is 9. The fourth-order valence-electron chi connectivity index (χ4n) is 3.84. The van der Waals surface area contributed by atoms with Gasteiger partial charge >= 0.3 is 0 Å². The van der Waals surface area contributed by atoms with Crippen LogP contribution in [-0.4, -0.2) is 38.1 Å². The Morgan fingerprint density at radius 1 is 1.00 bits per heavy atom. The summed E-state index contributed by atoms with van der Waals surface area (Å²) < 4.78 is 19.8. The molecule has 8 nitrogen and oxygen atoms in total. The molecule has 0 aliphatic rings. The monoisotopic (exact) mass is 483 g/mol. The molecule has 0 bridgehead atoms. The summed E-state index contributed by atoms with van der Waals surface area (Å²) in [5.74, 6) is 0.784. The van der Waals surface area contributed by atoms with Crippen molar-refractivity contribution in [2.24, 2.45) is 5.73 Å². The number of para-hydroxylation sites is 1. The van der Waals surface area contributed by atoms with Gasteiger partial charge in [0.1, 0.15) is 17.3 Å². The second kappa shape index (κ2) is 10.5. The molecule has 0 saturated carbocycles. The molecule has 0 aliphatic carbocycles. The first-order valence-corrected chi connectivity index (χ1v) is 11.7. The number of aromatic nitrogens is 5. The number of hydrogen-bond acceptors (Lipinski definition) is 7. The van der Waals surface area contributed by atoms with E-state index in [4.69, 9.17) is 15.5 Å². The van der Waals surface area contributed by atoms with Gasteiger partial charge in [-0.1, -0.05) is 24.3 Å². The minimum atomic E-state index is -0.317. The van der Waals surface area contributed by atoms with E-state index in [0.29, 0.717) is 48.3 Å². The van der Waals surface area contributed by atoms with E-state index in [0.717, 1.165) is 34.6 Å². The Hall–Kier alpha value is -4.37. The summed E-state index contributed by atoms with van der Waals surface area (Å²) in [6.45, 7) is 3.29. The lowest BCUT2D eigenvalue weighted by molar-refractivity contribution is 0.301. The second-order valence-electron chi connectivity index (χ2n) is 8.31. The summed E-state index contributed by atoms with van der Waals surface area (Å²) in [6.07, 6.45) is 2.35. The molecule has 4 N–H and O–H groups in total. The molecule has 0 amide bonds. The fourth-order valence-corrected chi connectivity index (χ4v) is 3.84. The molecule has 0 radical (unpaired) electrons. The number of nitrogens with one attached hydrogen (secondary N) is 2. The highest BCUT2D eigenvalue weighted by Crippen LogP contribution is 2.31. The molecular weight excluding hydrogens is 457 g/mol. The van der Waals surface area contributed by atoms with Gasteiger partial charge in [0.05, 0.1) is 47.5 Å². The van der Waals surface area contributed by atoms with E-state index >= 15 is 0 Å². The quantitative estimate of drug-likeness (QED) is 0.256. The molecule has 36 heavy (non-hydrogen) atoms. The van der Waals surface area contributed by atoms with Crippen molar-refractivity contribution in [2.75, 3.05) is 18.5 Å². The number of H-pyrrole nitrogens is 1. The molecule has 0 aliphatic heterocycles. The van der Waals surface area contributed by atoms with Gasteiger partial charge in [0.2, 0.25) is 5.88 Å². The second-order valence-corrected chi connectivity index (χ2v) is 8.31. The summed E-state index contributed by atoms with van der Waals surface area (Å²) in [4.78, 5) is 22.0. The maximum atomic E-state index is 14.1. The molecule has 182 valence electrons. The molecule has 0 spiro atoms. The number of halogens is 1. The Balaban J connectivity index is 1.52. The number of benzene rings is 2. The van der Waals surface area contributed by atoms with Gasteiger partial charge < -0.3 is 20.8 Å². The van der Waals surface area contributed by atoms with Gasteiger partial charge in [-0.15, -0.1) is 0 Å². The van der Waals surface area contributed by atoms with Crippen LogP contribution < -0.4 is 15.8 Å². The smallest absolute Gasteiger partial charge is 0.232 e. The molecule has 5 aromatic rings. The zero-order valence-corrected chi connectivity index (χ0v) is 19.8. The van der Waals surface area contributed by atoms with E-state index in [2.05, 4.69) is 25.3 Å². The Labute approximate surface area is 207 Å². The minimum Gasteiger partial charge on any atom is -0.477 e. The number of ether oxygens (including phenoxy) is 1. The molecule has 0 saturated heterocycles. The van der Waals surface area contributed by atoms with E-state index in [1.54, 1.807) is 24.4 Å². The van der Waals surface area contributed by atoms with Crippen molar-refractivity contribution in [1.29, 1.82) is 0 Å². The van der Waals surface area contributed by atoms with Crippen LogP contribution in [0.15, 0.2) is 66.9 Å². The number of imidazole rings is 1. The first kappa shape index (κ1) is 23.4. The topological polar surface area (TPSA) is 115 Å². The lowest BCUT2D eigenvalue weighted by Gasteiger charge is -2.07. The summed E-state index contributed by atoms with van der Waals surface area (Å²) in [7, 11) is 0. The highest BCUT2D eigenvalue weighted by molar-refractivity contribution is 5.85. The maximum Gasteiger partial charge on any atom is 0.232 e. The molecule has 0 fully saturated rings. The number of nitrogens with zero attached hydrogens (tertiary/aromatic N) is 4. The summed E-state index contributed by atoms with van der Waals surface area (Å²) in [5, 5.41) is 3.11. The number of aromatic amines is 1. The molecule has 0 atom stereocenters. The van der Waals surface area contributed by atoms with E-state index in [1.165, 1.54) is 6.07 Å². The highest BCUT2D eigenvalue weighted by atomic mass is 19.1. The molecule has 3 heterocycles. The van der Waals surface area contributed by atoms with Crippen molar-refractivity contribution in [3.63, 3.8) is 0 Å². The van der Waals surface area contributed by atoms with Crippen LogP contribution in [0.1, 0.15) is 17.9 Å². The number of fused-ring (bicyclic) bond motifs is 1. The van der Waals surface area contributed by atoms with Gasteiger partial charge in [-0.3, -0.25) is 4.98 Å². The Morgan fingerprint density at radius 3 is 2.72 bits per heavy atom. The zero-order valence-electron chi connectivity index (χ0n) is 19.8. The van der Waals surface area contributed by atoms with E-state index in [9.17, 15) is 4.39 Å². The summed E-state index contributed by atoms with van der Waals surface area (Å²) >= 11 is 0. The standard InChI is InChI=1S/C27H26FN7O/c1-17-6-4-9-22(32-17)27-26(34-24(35-27)15-30-20-8-3-2-7-19(20)28)18-10-11-21-23(14-18)33-25(16-31-21)36-13-5-12-29/h2-4,6-11,14,16,30H,5,12-13,15,29H2,1H3,(H,34,35). The van der Waals surface area contributed by atoms with Crippen LogP contribution in [0.4, 0.5) is 10.1 Å². The van der Waals surface area contributed by atoms with E-state index < -0.39 is 0 Å². The zero-order chi connectivity index (χ0) is 24.9. The third-order valence-corrected chi connectivity index (χ3v) is 5.61. The van der Waals surface area contributed by atoms with Crippen molar-refractivity contribution >= 4 is 16.7 Å². The lowest BCUT2D eigenvalue weighted by Crippen LogP contribution is -2.07. The van der Waals surface area contributed by atoms with Crippen molar-refractivity contribution in [2.45, 2.75) is 19.9 Å². The van der Waals surface area contributed by atoms with Gasteiger partial charge in [0.25, 0.3) is 0 Å². The number of nitrogens with two attached hydrogens (primary N) is 1. The molecule has 5 rings (SSSR count). The molecular formula is C27H26FN7O. The van der Waals surface area contributed by atoms with Crippen molar-refractivity contribution in [3.05, 3.63) is 84.2 Å². The maximum absolute atomic E-state index is 14.1. The van der Waals surface area contributed by atoms with Crippen molar-refractivity contribution in [1.82, 2.24) is 24.9 Å². The third-order valence-electron chi connectivity index (χ3n) is 5.61. The fraction of sp³-hybridized carbons (Fsp3) is 0.185. The Morgan fingerprint density at radius 2 is 1.89 bits per heavy atom. The van der Waals surface area contributed by atoms with Crippen LogP contribution in [0.3, 0.4) is 0 Å². The summed E-state index contributed by atoms with van der Waals surface area (Å²) in [6, 6.07) is 18.2. The van der Waals surface area contributed by atoms with Crippen LogP contribution in [0.5, 0.6) is 5.88 Å². The Bertz CT molecular complexity index is 1500. The van der Waals surface area contributed by atoms with E-state index in [-0.39, 0.29) is 5.82 Å². The third kappa shape index (κ3) is 5.16. The SMILES string of the molecule is Cc1cccc(-c2nc(CNc3ccccc3F)[nH]c2-c2ccc3ncc(OCCCN)nc3c2)n1. The highest BCUT2D eigenvalue weighted by Gasteiger charge is 2.17. The first-order valence-electron chi connectivity index (χ1n) is 11.7. The number of hydrogen-bond donors (Lipinski definition) is 3. The first-order chi connectivity index (χ1) is 17.6. The van der Waals surface area contributed by atoms with E-state index in [1.807, 2.05) is 43.3 Å². The van der Waals surface area contributed by atoms with Crippen LogP contribution >= 0.6 is 0 Å². The number of anilines is 1. The van der Waals surface area contributed by atoms with Crippen LogP contribution in [0.25, 0.3) is 33.7 Å². The Kier molecular flexibility index (Phi) is 6.81. The van der Waals surface area contributed by atoms with Crippen molar-refractivity contribution in [3.8, 4) is 28.5 Å². The number of aryl methyl sites for hydroxylation is 1. The van der Waals surface area contributed by atoms with Gasteiger partial charge in [-0.2, -0.15) is 0 Å². The molecule has 9 heteroatoms. The predicted octanol–water partition coefficient (Wildman–Crippen LogP) is 4.87. The van der Waals surface area contributed by atoms with Gasteiger partial charge in [-0.05, 0) is 56.3 Å². The molecule has 0 unspecified atom stereocenters. The summed E-state index contributed by atoms with van der Waals surface area (Å²) in [5.41, 5.74) is 11.4. The van der Waals surface area contributed by atoms with Crippen LogP contribution in [0, 0.1) is 12.7 Å². The molecule has 3 aromatic heterocycles. The number of pyridine rings is 1. The van der Waals surface area contributed by atoms with Gasteiger partial charge in [-0.25, -0.2) is 19.3 Å².